The van der Waals surface area contributed by atoms with Crippen LogP contribution in [-0.4, -0.2) is 9.78 Å². The molecule has 0 unspecified atom stereocenters. The maximum absolute atomic E-state index is 12.7. The van der Waals surface area contributed by atoms with Crippen LogP contribution in [0, 0.1) is 17.7 Å². The number of nitrogens with zero attached hydrogens (tertiary/aromatic N) is 2. The number of hydrogen-bond acceptors (Lipinski definition) is 1. The van der Waals surface area contributed by atoms with Crippen LogP contribution in [0.1, 0.15) is 12.5 Å². The van der Waals surface area contributed by atoms with Gasteiger partial charge in [-0.25, -0.2) is 9.07 Å². The molecule has 0 saturated carbocycles. The highest BCUT2D eigenvalue weighted by Crippen LogP contribution is 2.16. The number of benzene rings is 1. The maximum Gasteiger partial charge on any atom is 0.167 e. The van der Waals surface area contributed by atoms with Crippen LogP contribution in [-0.2, 0) is 0 Å². The first-order valence-electron chi connectivity index (χ1n) is 4.64. The Bertz CT molecular complexity index is 561. The Morgan fingerprint density at radius 3 is 2.62 bits per heavy atom. The van der Waals surface area contributed by atoms with Crippen molar-refractivity contribution in [3.05, 3.63) is 47.0 Å². The lowest BCUT2D eigenvalue weighted by molar-refractivity contribution is 0.627. The number of hydrogen-bond donors (Lipinski definition) is 0. The highest BCUT2D eigenvalue weighted by molar-refractivity contribution is 6.30. The van der Waals surface area contributed by atoms with E-state index in [4.69, 9.17) is 11.6 Å². The van der Waals surface area contributed by atoms with Gasteiger partial charge in [0.15, 0.2) is 5.15 Å². The van der Waals surface area contributed by atoms with Gasteiger partial charge in [-0.05, 0) is 31.2 Å². The molecule has 0 saturated heterocycles. The second kappa shape index (κ2) is 4.38. The van der Waals surface area contributed by atoms with E-state index in [1.807, 2.05) is 0 Å². The smallest absolute Gasteiger partial charge is 0.167 e. The van der Waals surface area contributed by atoms with Gasteiger partial charge >= 0.3 is 0 Å². The van der Waals surface area contributed by atoms with Crippen molar-refractivity contribution < 1.29 is 4.39 Å². The molecule has 1 heterocycles. The van der Waals surface area contributed by atoms with Crippen LogP contribution in [0.3, 0.4) is 0 Å². The van der Waals surface area contributed by atoms with Crippen molar-refractivity contribution >= 4 is 11.6 Å². The van der Waals surface area contributed by atoms with Crippen molar-refractivity contribution in [2.75, 3.05) is 0 Å². The fraction of sp³-hybridized carbons (Fsp3) is 0.0833. The van der Waals surface area contributed by atoms with Gasteiger partial charge in [-0.3, -0.25) is 0 Å². The topological polar surface area (TPSA) is 17.8 Å². The molecule has 0 spiro atoms. The molecule has 4 heteroatoms. The van der Waals surface area contributed by atoms with Crippen LogP contribution in [0.15, 0.2) is 30.5 Å². The SMILES string of the molecule is CC#Cc1cn(-c2ccc(F)cc2)nc1Cl. The van der Waals surface area contributed by atoms with Gasteiger partial charge in [-0.15, -0.1) is 5.92 Å². The first kappa shape index (κ1) is 10.7. The fourth-order valence-corrected chi connectivity index (χ4v) is 1.47. The standard InChI is InChI=1S/C12H8ClFN2/c1-2-3-9-8-16(15-12(9)13)11-6-4-10(14)5-7-11/h4-8H,1H3. The van der Waals surface area contributed by atoms with Gasteiger partial charge < -0.3 is 0 Å². The van der Waals surface area contributed by atoms with Gasteiger partial charge in [0.05, 0.1) is 11.3 Å². The monoisotopic (exact) mass is 234 g/mol. The van der Waals surface area contributed by atoms with Gasteiger partial charge in [-0.1, -0.05) is 17.5 Å². The van der Waals surface area contributed by atoms with E-state index in [0.29, 0.717) is 10.7 Å². The molecule has 0 amide bonds. The van der Waals surface area contributed by atoms with Crippen molar-refractivity contribution in [2.24, 2.45) is 0 Å². The van der Waals surface area contributed by atoms with Gasteiger partial charge in [0.1, 0.15) is 5.82 Å². The summed E-state index contributed by atoms with van der Waals surface area (Å²) in [5, 5.41) is 4.43. The van der Waals surface area contributed by atoms with E-state index < -0.39 is 0 Å². The lowest BCUT2D eigenvalue weighted by atomic mass is 10.3. The average Bonchev–Trinajstić information content (AvgIpc) is 2.62. The Kier molecular flexibility index (Phi) is 2.93. The zero-order chi connectivity index (χ0) is 11.5. The largest absolute Gasteiger partial charge is 0.238 e. The Hall–Kier alpha value is -1.79. The van der Waals surface area contributed by atoms with Gasteiger partial charge in [0, 0.05) is 6.20 Å². The molecule has 2 nitrogen and oxygen atoms in total. The molecule has 1 aromatic carbocycles. The minimum Gasteiger partial charge on any atom is -0.238 e. The molecule has 0 aliphatic heterocycles. The third-order valence-corrected chi connectivity index (χ3v) is 2.30. The summed E-state index contributed by atoms with van der Waals surface area (Å²) in [7, 11) is 0. The van der Waals surface area contributed by atoms with Crippen LogP contribution in [0.5, 0.6) is 0 Å². The summed E-state index contributed by atoms with van der Waals surface area (Å²) in [6.45, 7) is 1.73. The van der Waals surface area contributed by atoms with E-state index in [0.717, 1.165) is 5.69 Å². The molecule has 0 radical (unpaired) electrons. The minimum atomic E-state index is -0.282. The summed E-state index contributed by atoms with van der Waals surface area (Å²) < 4.78 is 14.3. The van der Waals surface area contributed by atoms with E-state index >= 15 is 0 Å². The summed E-state index contributed by atoms with van der Waals surface area (Å²) in [6.07, 6.45) is 1.71. The predicted molar refractivity (Wildman–Crippen MR) is 61.1 cm³/mol. The first-order valence-corrected chi connectivity index (χ1v) is 5.02. The molecule has 0 aliphatic carbocycles. The molecule has 0 N–H and O–H groups in total. The number of aromatic nitrogens is 2. The average molecular weight is 235 g/mol. The van der Waals surface area contributed by atoms with Crippen LogP contribution < -0.4 is 0 Å². The molecule has 0 bridgehead atoms. The molecule has 2 aromatic rings. The van der Waals surface area contributed by atoms with E-state index in [1.165, 1.54) is 12.1 Å². The molecule has 2 rings (SSSR count). The second-order valence-corrected chi connectivity index (χ2v) is 3.49. The fourth-order valence-electron chi connectivity index (χ4n) is 1.30. The van der Waals surface area contributed by atoms with Gasteiger partial charge in [0.25, 0.3) is 0 Å². The maximum atomic E-state index is 12.7. The Labute approximate surface area is 97.7 Å². The Balaban J connectivity index is 2.43. The Morgan fingerprint density at radius 1 is 1.31 bits per heavy atom. The third-order valence-electron chi connectivity index (χ3n) is 2.02. The van der Waals surface area contributed by atoms with E-state index in [9.17, 15) is 4.39 Å². The summed E-state index contributed by atoms with van der Waals surface area (Å²) in [4.78, 5) is 0. The molecule has 80 valence electrons. The van der Waals surface area contributed by atoms with Crippen molar-refractivity contribution in [1.82, 2.24) is 9.78 Å². The normalized spacial score (nSPS) is 9.69. The summed E-state index contributed by atoms with van der Waals surface area (Å²) >= 11 is 5.90. The summed E-state index contributed by atoms with van der Waals surface area (Å²) in [5.74, 6) is 5.31. The van der Waals surface area contributed by atoms with Crippen molar-refractivity contribution in [3.63, 3.8) is 0 Å². The van der Waals surface area contributed by atoms with E-state index in [-0.39, 0.29) is 5.82 Å². The van der Waals surface area contributed by atoms with E-state index in [1.54, 1.807) is 29.9 Å². The zero-order valence-electron chi connectivity index (χ0n) is 8.54. The third kappa shape index (κ3) is 2.07. The van der Waals surface area contributed by atoms with Crippen LogP contribution >= 0.6 is 11.6 Å². The predicted octanol–water partition coefficient (Wildman–Crippen LogP) is 3.04. The van der Waals surface area contributed by atoms with E-state index in [2.05, 4.69) is 16.9 Å². The molecular formula is C12H8ClFN2. The van der Waals surface area contributed by atoms with Crippen LogP contribution in [0.4, 0.5) is 4.39 Å². The molecular weight excluding hydrogens is 227 g/mol. The number of rotatable bonds is 1. The lowest BCUT2D eigenvalue weighted by Crippen LogP contribution is -1.93. The molecule has 1 aromatic heterocycles. The number of halogens is 2. The highest BCUT2D eigenvalue weighted by Gasteiger charge is 2.05. The van der Waals surface area contributed by atoms with Crippen LogP contribution in [0.2, 0.25) is 5.15 Å². The van der Waals surface area contributed by atoms with Gasteiger partial charge in [0.2, 0.25) is 0 Å². The highest BCUT2D eigenvalue weighted by atomic mass is 35.5. The quantitative estimate of drug-likeness (QED) is 0.694. The molecule has 0 atom stereocenters. The second-order valence-electron chi connectivity index (χ2n) is 3.13. The zero-order valence-corrected chi connectivity index (χ0v) is 9.29. The summed E-state index contributed by atoms with van der Waals surface area (Å²) in [5.41, 5.74) is 1.40. The summed E-state index contributed by atoms with van der Waals surface area (Å²) in [6, 6.07) is 6.00. The molecule has 0 fully saturated rings. The lowest BCUT2D eigenvalue weighted by Gasteiger charge is -1.99. The van der Waals surface area contributed by atoms with Crippen molar-refractivity contribution in [2.45, 2.75) is 6.92 Å². The molecule has 16 heavy (non-hydrogen) atoms. The van der Waals surface area contributed by atoms with Crippen molar-refractivity contribution in [3.8, 4) is 17.5 Å². The first-order chi connectivity index (χ1) is 7.70. The van der Waals surface area contributed by atoms with Crippen LogP contribution in [0.25, 0.3) is 5.69 Å². The van der Waals surface area contributed by atoms with Crippen molar-refractivity contribution in [1.29, 1.82) is 0 Å². The molecule has 0 aliphatic rings. The Morgan fingerprint density at radius 2 is 2.00 bits per heavy atom. The van der Waals surface area contributed by atoms with Gasteiger partial charge in [-0.2, -0.15) is 5.10 Å². The minimum absolute atomic E-state index is 0.282.